The van der Waals surface area contributed by atoms with Gasteiger partial charge in [-0.25, -0.2) is 4.79 Å². The maximum absolute atomic E-state index is 13.7. The van der Waals surface area contributed by atoms with E-state index in [0.717, 1.165) is 11.1 Å². The molecule has 4 aliphatic rings. The highest BCUT2D eigenvalue weighted by Crippen LogP contribution is 2.64. The van der Waals surface area contributed by atoms with Crippen LogP contribution < -0.4 is 4.74 Å². The number of aliphatic hydroxyl groups is 2. The Kier molecular flexibility index (Phi) is 8.80. The minimum atomic E-state index is -1.68. The molecule has 1 spiro atoms. The van der Waals surface area contributed by atoms with Crippen LogP contribution in [-0.4, -0.2) is 87.6 Å². The summed E-state index contributed by atoms with van der Waals surface area (Å²) in [7, 11) is 1.98. The van der Waals surface area contributed by atoms with Crippen LogP contribution in [0.25, 0.3) is 0 Å². The summed E-state index contributed by atoms with van der Waals surface area (Å²) in [6, 6.07) is 3.55. The van der Waals surface area contributed by atoms with Crippen LogP contribution in [0.3, 0.4) is 0 Å². The van der Waals surface area contributed by atoms with E-state index < -0.39 is 64.7 Å². The molecule has 2 heterocycles. The summed E-state index contributed by atoms with van der Waals surface area (Å²) in [6.07, 6.45) is -0.970. The van der Waals surface area contributed by atoms with Gasteiger partial charge in [-0.2, -0.15) is 0 Å². The van der Waals surface area contributed by atoms with E-state index in [1.807, 2.05) is 19.2 Å². The summed E-state index contributed by atoms with van der Waals surface area (Å²) >= 11 is 0. The summed E-state index contributed by atoms with van der Waals surface area (Å²) in [5.74, 6) is -2.70. The topological polar surface area (TPSA) is 158 Å². The molecule has 12 nitrogen and oxygen atoms in total. The zero-order chi connectivity index (χ0) is 33.8. The van der Waals surface area contributed by atoms with Crippen LogP contribution in [0.4, 0.5) is 0 Å². The maximum Gasteiger partial charge on any atom is 0.353 e. The number of likely N-dealkylation sites (tertiary alicyclic amines) is 1. The summed E-state index contributed by atoms with van der Waals surface area (Å²) in [6.45, 7) is 10.5. The van der Waals surface area contributed by atoms with Gasteiger partial charge < -0.3 is 38.8 Å². The number of nitrogens with zero attached hydrogens (tertiary/aromatic N) is 1. The normalized spacial score (nSPS) is 27.0. The van der Waals surface area contributed by atoms with E-state index in [-0.39, 0.29) is 37.7 Å². The molecule has 46 heavy (non-hydrogen) atoms. The molecule has 0 aromatic heterocycles. The molecule has 1 saturated heterocycles. The second-order valence-electron chi connectivity index (χ2n) is 14.7. The number of piperidine rings is 1. The molecule has 0 amide bonds. The molecule has 2 N–H and O–H groups in total. The van der Waals surface area contributed by atoms with Crippen molar-refractivity contribution in [2.24, 2.45) is 0 Å². The Hall–Kier alpha value is -3.48. The molecule has 12 heteroatoms. The molecule has 1 fully saturated rings. The van der Waals surface area contributed by atoms with Crippen LogP contribution in [0.2, 0.25) is 0 Å². The number of benzene rings is 1. The molecule has 0 unspecified atom stereocenters. The van der Waals surface area contributed by atoms with Gasteiger partial charge in [0, 0.05) is 23.6 Å². The Labute approximate surface area is 268 Å². The molecule has 5 atom stereocenters. The first-order valence-electron chi connectivity index (χ1n) is 15.8. The first-order chi connectivity index (χ1) is 21.4. The molecular formula is C34H45NO11. The van der Waals surface area contributed by atoms with Gasteiger partial charge in [0.1, 0.15) is 22.7 Å². The van der Waals surface area contributed by atoms with Gasteiger partial charge in [-0.3, -0.25) is 14.4 Å². The van der Waals surface area contributed by atoms with Gasteiger partial charge >= 0.3 is 23.9 Å². The third kappa shape index (κ3) is 6.14. The van der Waals surface area contributed by atoms with Crippen molar-refractivity contribution in [3.05, 3.63) is 40.7 Å². The van der Waals surface area contributed by atoms with Gasteiger partial charge in [0.25, 0.3) is 0 Å². The fourth-order valence-corrected chi connectivity index (χ4v) is 7.34. The van der Waals surface area contributed by atoms with Crippen molar-refractivity contribution in [1.29, 1.82) is 0 Å². The van der Waals surface area contributed by atoms with Crippen molar-refractivity contribution >= 4 is 23.9 Å². The Morgan fingerprint density at radius 2 is 1.67 bits per heavy atom. The van der Waals surface area contributed by atoms with Crippen molar-refractivity contribution < 1.29 is 53.1 Å². The summed E-state index contributed by atoms with van der Waals surface area (Å²) in [4.78, 5) is 53.6. The highest BCUT2D eigenvalue weighted by atomic mass is 16.6. The van der Waals surface area contributed by atoms with Crippen molar-refractivity contribution in [1.82, 2.24) is 4.90 Å². The molecule has 1 aromatic rings. The lowest BCUT2D eigenvalue weighted by Crippen LogP contribution is -2.74. The fraction of sp³-hybridized carbons (Fsp3) is 0.647. The smallest absolute Gasteiger partial charge is 0.353 e. The van der Waals surface area contributed by atoms with Gasteiger partial charge in [-0.15, -0.1) is 0 Å². The zero-order valence-corrected chi connectivity index (χ0v) is 27.6. The number of carbonyl (C=O) groups excluding carboxylic acids is 4. The maximum atomic E-state index is 13.7. The second kappa shape index (κ2) is 12.0. The van der Waals surface area contributed by atoms with Crippen molar-refractivity contribution in [3.63, 3.8) is 0 Å². The first-order valence-corrected chi connectivity index (χ1v) is 15.8. The van der Waals surface area contributed by atoms with E-state index in [0.29, 0.717) is 30.7 Å². The summed E-state index contributed by atoms with van der Waals surface area (Å²) in [5.41, 5.74) is -1.39. The Morgan fingerprint density at radius 3 is 2.33 bits per heavy atom. The lowest BCUT2D eigenvalue weighted by molar-refractivity contribution is -0.179. The third-order valence-corrected chi connectivity index (χ3v) is 9.11. The quantitative estimate of drug-likeness (QED) is 0.300. The van der Waals surface area contributed by atoms with Gasteiger partial charge in [-0.1, -0.05) is 12.1 Å². The molecule has 2 bridgehead atoms. The van der Waals surface area contributed by atoms with E-state index in [2.05, 4.69) is 4.90 Å². The SMILES string of the molecule is CN1CC[C@]23c4c5ccc(CO)c4O[C@H]2C(OC(=O)[C@H](CC(=O)OC(C)(C)C)OC(=O)CCC(=O)OC(C)(C)C)=CC[C@@]3(O)[C@H]1C5. The molecule has 0 radical (unpaired) electrons. The third-order valence-electron chi connectivity index (χ3n) is 9.11. The van der Waals surface area contributed by atoms with Crippen LogP contribution in [0, 0.1) is 0 Å². The van der Waals surface area contributed by atoms with E-state index in [1.165, 1.54) is 0 Å². The van der Waals surface area contributed by atoms with Gasteiger partial charge in [0.15, 0.2) is 6.10 Å². The number of esters is 4. The molecule has 2 aliphatic carbocycles. The minimum Gasteiger partial charge on any atom is -0.481 e. The van der Waals surface area contributed by atoms with Crippen molar-refractivity contribution in [2.45, 2.75) is 127 Å². The summed E-state index contributed by atoms with van der Waals surface area (Å²) in [5, 5.41) is 22.5. The van der Waals surface area contributed by atoms with E-state index in [4.69, 9.17) is 23.7 Å². The highest BCUT2D eigenvalue weighted by Gasteiger charge is 2.72. The first kappa shape index (κ1) is 33.9. The highest BCUT2D eigenvalue weighted by molar-refractivity contribution is 5.86. The largest absolute Gasteiger partial charge is 0.481 e. The van der Waals surface area contributed by atoms with Crippen LogP contribution in [0.15, 0.2) is 24.0 Å². The van der Waals surface area contributed by atoms with Crippen LogP contribution >= 0.6 is 0 Å². The van der Waals surface area contributed by atoms with Crippen molar-refractivity contribution in [2.75, 3.05) is 13.6 Å². The molecule has 252 valence electrons. The Bertz CT molecular complexity index is 1450. The number of likely N-dealkylation sites (N-methyl/N-ethyl adjacent to an activating group) is 1. The molecular weight excluding hydrogens is 598 g/mol. The fourth-order valence-electron chi connectivity index (χ4n) is 7.34. The second-order valence-corrected chi connectivity index (χ2v) is 14.7. The van der Waals surface area contributed by atoms with E-state index in [1.54, 1.807) is 47.6 Å². The molecule has 1 aromatic carbocycles. The number of aliphatic hydroxyl groups excluding tert-OH is 1. The number of carbonyl (C=O) groups is 4. The molecule has 0 saturated carbocycles. The Morgan fingerprint density at radius 1 is 1.02 bits per heavy atom. The number of ether oxygens (including phenoxy) is 5. The van der Waals surface area contributed by atoms with E-state index >= 15 is 0 Å². The lowest BCUT2D eigenvalue weighted by Gasteiger charge is -2.61. The number of rotatable bonds is 9. The predicted molar refractivity (Wildman–Crippen MR) is 162 cm³/mol. The Balaban J connectivity index is 1.41. The average Bonchev–Trinajstić information content (AvgIpc) is 3.29. The predicted octanol–water partition coefficient (Wildman–Crippen LogP) is 2.77. The number of hydrogen-bond donors (Lipinski definition) is 2. The average molecular weight is 644 g/mol. The van der Waals surface area contributed by atoms with Gasteiger partial charge in [-0.05, 0) is 79.6 Å². The van der Waals surface area contributed by atoms with Crippen molar-refractivity contribution in [3.8, 4) is 5.75 Å². The number of hydrogen-bond acceptors (Lipinski definition) is 12. The monoisotopic (exact) mass is 643 g/mol. The van der Waals surface area contributed by atoms with Crippen LogP contribution in [0.1, 0.15) is 90.3 Å². The summed E-state index contributed by atoms with van der Waals surface area (Å²) < 4.78 is 28.4. The van der Waals surface area contributed by atoms with Gasteiger partial charge in [0.2, 0.25) is 6.10 Å². The van der Waals surface area contributed by atoms with E-state index in [9.17, 15) is 29.4 Å². The molecule has 2 aliphatic heterocycles. The lowest BCUT2D eigenvalue weighted by atomic mass is 9.50. The minimum absolute atomic E-state index is 0.130. The standard InChI is InChI=1S/C34H45NO11/c1-31(2,3)45-25(38)11-10-24(37)42-22(17-26(39)46-32(4,5)6)30(40)43-21-12-13-34(41)23-16-19-8-9-20(18-36)28-27(19)33(34,29(21)44-28)14-15-35(23)7/h8-9,12,22-23,29,36,41H,10-11,13-18H2,1-7H3/t22-,23+,29-,33-,34+/m0/s1. The van der Waals surface area contributed by atoms with Gasteiger partial charge in [0.05, 0.1) is 36.9 Å². The molecule has 5 rings (SSSR count). The van der Waals surface area contributed by atoms with Crippen LogP contribution in [-0.2, 0) is 56.6 Å². The van der Waals surface area contributed by atoms with Crippen LogP contribution in [0.5, 0.6) is 5.75 Å². The zero-order valence-electron chi connectivity index (χ0n) is 27.6.